The largest absolute Gasteiger partial charge is 0.493 e. The molecule has 0 aromatic heterocycles. The normalized spacial score (nSPS) is 21.9. The summed E-state index contributed by atoms with van der Waals surface area (Å²) in [6, 6.07) is 5.65. The molecule has 0 radical (unpaired) electrons. The molecule has 0 saturated carbocycles. The van der Waals surface area contributed by atoms with E-state index in [-0.39, 0.29) is 24.5 Å². The number of carbonyl (C=O) groups excluding carboxylic acids is 1. The van der Waals surface area contributed by atoms with Crippen LogP contribution in [0.5, 0.6) is 28.7 Å². The number of Topliss-reactive ketones (excluding diaryl/α,β-unsaturated/α-hetero) is 1. The quantitative estimate of drug-likeness (QED) is 0.766. The Kier molecular flexibility index (Phi) is 4.50. The first-order valence-electron chi connectivity index (χ1n) is 10.1. The maximum absolute atomic E-state index is 13.5. The summed E-state index contributed by atoms with van der Waals surface area (Å²) in [5, 5.41) is 0. The first kappa shape index (κ1) is 19.1. The zero-order valence-electron chi connectivity index (χ0n) is 17.6. The number of carbonyl (C=O) groups is 1. The molecule has 158 valence electrons. The highest BCUT2D eigenvalue weighted by Crippen LogP contribution is 2.53. The fourth-order valence-electron chi connectivity index (χ4n) is 5.08. The molecular formula is C23H25NO6. The fraction of sp³-hybridized carbons (Fsp3) is 0.435. The van der Waals surface area contributed by atoms with Crippen LogP contribution in [0.1, 0.15) is 33.1 Å². The lowest BCUT2D eigenvalue weighted by molar-refractivity contribution is 0.0816. The summed E-state index contributed by atoms with van der Waals surface area (Å²) < 4.78 is 28.0. The van der Waals surface area contributed by atoms with Crippen molar-refractivity contribution in [3.8, 4) is 28.7 Å². The lowest BCUT2D eigenvalue weighted by atomic mass is 9.82. The molecule has 7 nitrogen and oxygen atoms in total. The number of fused-ring (bicyclic) bond motifs is 3. The van der Waals surface area contributed by atoms with Gasteiger partial charge in [0.05, 0.1) is 21.3 Å². The van der Waals surface area contributed by atoms with Crippen molar-refractivity contribution < 1.29 is 28.5 Å². The van der Waals surface area contributed by atoms with Gasteiger partial charge in [-0.05, 0) is 49.2 Å². The van der Waals surface area contributed by atoms with E-state index < -0.39 is 0 Å². The summed E-state index contributed by atoms with van der Waals surface area (Å²) >= 11 is 0. The highest BCUT2D eigenvalue weighted by Gasteiger charge is 2.44. The molecule has 3 aliphatic rings. The van der Waals surface area contributed by atoms with E-state index in [0.717, 1.165) is 29.7 Å². The van der Waals surface area contributed by atoms with E-state index in [9.17, 15) is 4.79 Å². The van der Waals surface area contributed by atoms with E-state index in [1.807, 2.05) is 12.1 Å². The third-order valence-corrected chi connectivity index (χ3v) is 6.48. The van der Waals surface area contributed by atoms with E-state index >= 15 is 0 Å². The van der Waals surface area contributed by atoms with Gasteiger partial charge >= 0.3 is 0 Å². The maximum atomic E-state index is 13.5. The Morgan fingerprint density at radius 3 is 2.50 bits per heavy atom. The highest BCUT2D eigenvalue weighted by atomic mass is 16.7. The van der Waals surface area contributed by atoms with E-state index in [1.165, 1.54) is 0 Å². The smallest absolute Gasteiger partial charge is 0.231 e. The summed E-state index contributed by atoms with van der Waals surface area (Å²) in [7, 11) is 6.90. The molecule has 2 atom stereocenters. The number of likely N-dealkylation sites (N-methyl/N-ethyl adjacent to an activating group) is 1. The van der Waals surface area contributed by atoms with E-state index in [4.69, 9.17) is 23.7 Å². The number of nitrogens with zero attached hydrogens (tertiary/aromatic N) is 1. The molecule has 0 unspecified atom stereocenters. The Balaban J connectivity index is 1.61. The summed E-state index contributed by atoms with van der Waals surface area (Å²) in [6.45, 7) is 1.04. The first-order valence-corrected chi connectivity index (χ1v) is 10.1. The average Bonchev–Trinajstić information content (AvgIpc) is 3.35. The SMILES string of the molecule is COc1cc2c(cc1OC)C(=O)[C@H]([C@H]1c3c(cc4c(c3OC)OCO4)CCN1C)C2. The fourth-order valence-corrected chi connectivity index (χ4v) is 5.08. The molecule has 1 aliphatic carbocycles. The highest BCUT2D eigenvalue weighted by molar-refractivity contribution is 6.03. The molecule has 0 fully saturated rings. The average molecular weight is 411 g/mol. The summed E-state index contributed by atoms with van der Waals surface area (Å²) in [6.07, 6.45) is 1.51. The molecule has 5 rings (SSSR count). The number of methoxy groups -OCH3 is 3. The second kappa shape index (κ2) is 7.09. The van der Waals surface area contributed by atoms with Crippen molar-refractivity contribution in [3.05, 3.63) is 40.5 Å². The standard InChI is InChI=1S/C23H25NO6/c1-24-6-5-12-8-18-22(30-11-29-18)23(28-4)19(12)20(24)15-7-13-9-16(26-2)17(27-3)10-14(13)21(15)25/h8-10,15,20H,5-7,11H2,1-4H3/t15-,20-/m0/s1. The number of ketones is 1. The molecule has 2 aromatic carbocycles. The van der Waals surface area contributed by atoms with Crippen LogP contribution >= 0.6 is 0 Å². The van der Waals surface area contributed by atoms with Gasteiger partial charge in [0.1, 0.15) is 0 Å². The molecule has 30 heavy (non-hydrogen) atoms. The second-order valence-corrected chi connectivity index (χ2v) is 7.93. The third-order valence-electron chi connectivity index (χ3n) is 6.48. The minimum Gasteiger partial charge on any atom is -0.493 e. The van der Waals surface area contributed by atoms with E-state index in [1.54, 1.807) is 27.4 Å². The van der Waals surface area contributed by atoms with Gasteiger partial charge in [-0.15, -0.1) is 0 Å². The van der Waals surface area contributed by atoms with Gasteiger partial charge in [-0.3, -0.25) is 9.69 Å². The molecule has 2 aliphatic heterocycles. The molecule has 2 heterocycles. The number of benzene rings is 2. The Morgan fingerprint density at radius 1 is 1.00 bits per heavy atom. The predicted molar refractivity (Wildman–Crippen MR) is 109 cm³/mol. The lowest BCUT2D eigenvalue weighted by Crippen LogP contribution is -2.39. The molecule has 0 saturated heterocycles. The number of hydrogen-bond donors (Lipinski definition) is 0. The van der Waals surface area contributed by atoms with E-state index in [0.29, 0.717) is 40.7 Å². The number of ether oxygens (including phenoxy) is 5. The molecule has 2 aromatic rings. The van der Waals surface area contributed by atoms with Crippen LogP contribution in [0, 0.1) is 5.92 Å². The van der Waals surface area contributed by atoms with Crippen molar-refractivity contribution in [2.24, 2.45) is 5.92 Å². The van der Waals surface area contributed by atoms with Crippen LogP contribution in [-0.2, 0) is 12.8 Å². The molecule has 0 amide bonds. The molecule has 0 N–H and O–H groups in total. The minimum atomic E-state index is -0.227. The zero-order chi connectivity index (χ0) is 21.0. The van der Waals surface area contributed by atoms with Crippen LogP contribution in [0.15, 0.2) is 18.2 Å². The van der Waals surface area contributed by atoms with Crippen LogP contribution in [0.25, 0.3) is 0 Å². The van der Waals surface area contributed by atoms with Gasteiger partial charge in [-0.1, -0.05) is 0 Å². The van der Waals surface area contributed by atoms with Gasteiger partial charge < -0.3 is 23.7 Å². The van der Waals surface area contributed by atoms with Gasteiger partial charge in [0.2, 0.25) is 12.5 Å². The first-order chi connectivity index (χ1) is 14.6. The molecular weight excluding hydrogens is 386 g/mol. The predicted octanol–water partition coefficient (Wildman–Crippen LogP) is 3.03. The summed E-state index contributed by atoms with van der Waals surface area (Å²) in [5.41, 5.74) is 3.87. The Hall–Kier alpha value is -2.93. The minimum absolute atomic E-state index is 0.116. The monoisotopic (exact) mass is 411 g/mol. The van der Waals surface area contributed by atoms with Crippen LogP contribution in [-0.4, -0.2) is 52.4 Å². The second-order valence-electron chi connectivity index (χ2n) is 7.93. The van der Waals surface area contributed by atoms with Crippen molar-refractivity contribution in [1.29, 1.82) is 0 Å². The van der Waals surface area contributed by atoms with Crippen molar-refractivity contribution in [1.82, 2.24) is 4.90 Å². The van der Waals surface area contributed by atoms with Crippen LogP contribution in [0.2, 0.25) is 0 Å². The topological polar surface area (TPSA) is 66.5 Å². The van der Waals surface area contributed by atoms with Gasteiger partial charge in [-0.2, -0.15) is 0 Å². The van der Waals surface area contributed by atoms with Gasteiger partial charge in [0.15, 0.2) is 28.8 Å². The Labute approximate surface area is 175 Å². The van der Waals surface area contributed by atoms with Gasteiger partial charge in [0, 0.05) is 29.6 Å². The van der Waals surface area contributed by atoms with Crippen molar-refractivity contribution in [3.63, 3.8) is 0 Å². The number of rotatable bonds is 4. The van der Waals surface area contributed by atoms with Crippen LogP contribution in [0.4, 0.5) is 0 Å². The van der Waals surface area contributed by atoms with Gasteiger partial charge in [0.25, 0.3) is 0 Å². The van der Waals surface area contributed by atoms with Crippen LogP contribution in [0.3, 0.4) is 0 Å². The maximum Gasteiger partial charge on any atom is 0.231 e. The molecule has 0 spiro atoms. The molecule has 7 heteroatoms. The molecule has 0 bridgehead atoms. The van der Waals surface area contributed by atoms with Crippen molar-refractivity contribution in [2.45, 2.75) is 18.9 Å². The van der Waals surface area contributed by atoms with Crippen LogP contribution < -0.4 is 23.7 Å². The number of hydrogen-bond acceptors (Lipinski definition) is 7. The summed E-state index contributed by atoms with van der Waals surface area (Å²) in [5.74, 6) is 3.12. The zero-order valence-corrected chi connectivity index (χ0v) is 17.6. The van der Waals surface area contributed by atoms with E-state index in [2.05, 4.69) is 11.9 Å². The van der Waals surface area contributed by atoms with Gasteiger partial charge in [-0.25, -0.2) is 0 Å². The Bertz CT molecular complexity index is 1030. The Morgan fingerprint density at radius 2 is 1.77 bits per heavy atom. The third kappa shape index (κ3) is 2.65. The lowest BCUT2D eigenvalue weighted by Gasteiger charge is -2.38. The van der Waals surface area contributed by atoms with Crippen molar-refractivity contribution >= 4 is 5.78 Å². The summed E-state index contributed by atoms with van der Waals surface area (Å²) in [4.78, 5) is 15.8. The van der Waals surface area contributed by atoms with Crippen molar-refractivity contribution in [2.75, 3.05) is 41.7 Å².